The van der Waals surface area contributed by atoms with Gasteiger partial charge in [0, 0.05) is 26.2 Å². The molecule has 100 valence electrons. The molecular weight excluding hydrogens is 240 g/mol. The van der Waals surface area contributed by atoms with Crippen LogP contribution in [0.1, 0.15) is 25.7 Å². The minimum atomic E-state index is -1.25. The maximum Gasteiger partial charge on any atom is 0.526 e. The Balaban J connectivity index is 1.73. The number of likely N-dealkylation sites (tertiary alicyclic amines) is 2. The molecule has 7 nitrogen and oxygen atoms in total. The van der Waals surface area contributed by atoms with Crippen LogP contribution in [0, 0.1) is 0 Å². The summed E-state index contributed by atoms with van der Waals surface area (Å²) in [6.45, 7) is 2.30. The van der Waals surface area contributed by atoms with Gasteiger partial charge in [-0.05, 0) is 25.7 Å². The van der Waals surface area contributed by atoms with Gasteiger partial charge < -0.3 is 19.3 Å². The molecule has 0 aromatic heterocycles. The van der Waals surface area contributed by atoms with Gasteiger partial charge in [-0.3, -0.25) is 0 Å². The zero-order chi connectivity index (χ0) is 13.0. The highest BCUT2D eigenvalue weighted by atomic mass is 16.8. The predicted octanol–water partition coefficient (Wildman–Crippen LogP) is 1.57. The van der Waals surface area contributed by atoms with Crippen molar-refractivity contribution in [3.05, 3.63) is 0 Å². The molecule has 2 rings (SSSR count). The zero-order valence-electron chi connectivity index (χ0n) is 10.1. The molecule has 2 fully saturated rings. The van der Waals surface area contributed by atoms with Crippen LogP contribution in [0.5, 0.6) is 0 Å². The largest absolute Gasteiger partial charge is 0.526 e. The number of rotatable bonds is 0. The molecule has 2 amide bonds. The highest BCUT2D eigenvalue weighted by molar-refractivity contribution is 5.87. The summed E-state index contributed by atoms with van der Waals surface area (Å²) in [5.41, 5.74) is 0. The van der Waals surface area contributed by atoms with Crippen molar-refractivity contribution in [1.82, 2.24) is 9.80 Å². The minimum Gasteiger partial charge on any atom is -0.343 e. The second-order valence-corrected chi connectivity index (χ2v) is 4.37. The van der Waals surface area contributed by atoms with Gasteiger partial charge in [-0.1, -0.05) is 0 Å². The van der Waals surface area contributed by atoms with Gasteiger partial charge in [0.25, 0.3) is 0 Å². The summed E-state index contributed by atoms with van der Waals surface area (Å²) in [4.78, 5) is 36.9. The second-order valence-electron chi connectivity index (χ2n) is 4.37. The normalized spacial score (nSPS) is 18.9. The van der Waals surface area contributed by atoms with Gasteiger partial charge in [-0.15, -0.1) is 0 Å². The molecule has 0 N–H and O–H groups in total. The molecule has 2 heterocycles. The molecule has 0 saturated carbocycles. The summed E-state index contributed by atoms with van der Waals surface area (Å²) < 4.78 is 8.89. The van der Waals surface area contributed by atoms with Crippen molar-refractivity contribution in [2.45, 2.75) is 25.7 Å². The summed E-state index contributed by atoms with van der Waals surface area (Å²) in [5.74, 6) is 0. The third kappa shape index (κ3) is 3.12. The van der Waals surface area contributed by atoms with Crippen molar-refractivity contribution in [3.63, 3.8) is 0 Å². The monoisotopic (exact) mass is 256 g/mol. The lowest BCUT2D eigenvalue weighted by atomic mass is 10.4. The number of carbonyl (C=O) groups excluding carboxylic acids is 3. The molecule has 0 spiro atoms. The first-order valence-electron chi connectivity index (χ1n) is 6.14. The summed E-state index contributed by atoms with van der Waals surface area (Å²) in [6.07, 6.45) is 0.865. The third-order valence-electron chi connectivity index (χ3n) is 3.07. The summed E-state index contributed by atoms with van der Waals surface area (Å²) in [7, 11) is 0. The van der Waals surface area contributed by atoms with Gasteiger partial charge in [-0.2, -0.15) is 0 Å². The van der Waals surface area contributed by atoms with Crippen LogP contribution < -0.4 is 0 Å². The Kier molecular flexibility index (Phi) is 4.01. The lowest BCUT2D eigenvalue weighted by Gasteiger charge is -2.15. The van der Waals surface area contributed by atoms with Crippen LogP contribution in [0.3, 0.4) is 0 Å². The second kappa shape index (κ2) is 5.70. The van der Waals surface area contributed by atoms with Crippen LogP contribution in [0.25, 0.3) is 0 Å². The molecule has 0 atom stereocenters. The zero-order valence-corrected chi connectivity index (χ0v) is 10.1. The maximum atomic E-state index is 11.4. The Morgan fingerprint density at radius 2 is 1.00 bits per heavy atom. The fourth-order valence-electron chi connectivity index (χ4n) is 2.09. The molecule has 7 heteroatoms. The highest BCUT2D eigenvalue weighted by Gasteiger charge is 2.26. The topological polar surface area (TPSA) is 76.1 Å². The summed E-state index contributed by atoms with van der Waals surface area (Å²) in [6, 6.07) is 0. The van der Waals surface area contributed by atoms with Crippen molar-refractivity contribution in [2.75, 3.05) is 26.2 Å². The molecule has 0 radical (unpaired) electrons. The van der Waals surface area contributed by atoms with Crippen LogP contribution >= 0.6 is 0 Å². The quantitative estimate of drug-likeness (QED) is 0.485. The predicted molar refractivity (Wildman–Crippen MR) is 60.0 cm³/mol. The van der Waals surface area contributed by atoms with Crippen LogP contribution in [-0.2, 0) is 9.47 Å². The number of carbonyl (C=O) groups is 3. The van der Waals surface area contributed by atoms with Gasteiger partial charge in [0.15, 0.2) is 0 Å². The van der Waals surface area contributed by atoms with Crippen LogP contribution in [0.4, 0.5) is 14.4 Å². The van der Waals surface area contributed by atoms with E-state index >= 15 is 0 Å². The average Bonchev–Trinajstić information content (AvgIpc) is 3.02. The van der Waals surface area contributed by atoms with Gasteiger partial charge >= 0.3 is 18.3 Å². The first-order chi connectivity index (χ1) is 8.66. The molecule has 0 aromatic carbocycles. The average molecular weight is 256 g/mol. The number of hydrogen-bond donors (Lipinski definition) is 0. The van der Waals surface area contributed by atoms with Gasteiger partial charge in [-0.25, -0.2) is 14.4 Å². The Hall–Kier alpha value is -1.79. The van der Waals surface area contributed by atoms with E-state index in [1.54, 1.807) is 0 Å². The van der Waals surface area contributed by atoms with E-state index in [0.29, 0.717) is 26.2 Å². The molecule has 0 unspecified atom stereocenters. The fourth-order valence-corrected chi connectivity index (χ4v) is 2.09. The summed E-state index contributed by atoms with van der Waals surface area (Å²) >= 11 is 0. The van der Waals surface area contributed by atoms with E-state index in [4.69, 9.17) is 0 Å². The number of ether oxygens (including phenoxy) is 2. The Morgan fingerprint density at radius 1 is 0.667 bits per heavy atom. The molecule has 0 aromatic rings. The van der Waals surface area contributed by atoms with Crippen LogP contribution in [0.15, 0.2) is 0 Å². The SMILES string of the molecule is O=C(OC(=O)N1CCCC1)OC(=O)N1CCCC1. The van der Waals surface area contributed by atoms with E-state index < -0.39 is 18.3 Å². The molecule has 2 aliphatic heterocycles. The van der Waals surface area contributed by atoms with E-state index in [-0.39, 0.29) is 0 Å². The number of amides is 2. The van der Waals surface area contributed by atoms with E-state index in [2.05, 4.69) is 9.47 Å². The Labute approximate surface area is 105 Å². The van der Waals surface area contributed by atoms with Crippen molar-refractivity contribution in [3.8, 4) is 0 Å². The van der Waals surface area contributed by atoms with Gasteiger partial charge in [0.2, 0.25) is 0 Å². The number of nitrogens with zero attached hydrogens (tertiary/aromatic N) is 2. The van der Waals surface area contributed by atoms with Crippen molar-refractivity contribution >= 4 is 18.3 Å². The molecular formula is C11H16N2O5. The van der Waals surface area contributed by atoms with Crippen molar-refractivity contribution < 1.29 is 23.9 Å². The molecule has 2 aliphatic rings. The van der Waals surface area contributed by atoms with E-state index in [1.807, 2.05) is 0 Å². The van der Waals surface area contributed by atoms with Crippen molar-refractivity contribution in [1.29, 1.82) is 0 Å². The van der Waals surface area contributed by atoms with Gasteiger partial charge in [0.1, 0.15) is 0 Å². The Bertz CT molecular complexity index is 313. The van der Waals surface area contributed by atoms with E-state index in [1.165, 1.54) is 9.80 Å². The standard InChI is InChI=1S/C11H16N2O5/c14-9(12-5-1-2-6-12)17-11(16)18-10(15)13-7-3-4-8-13/h1-8H2. The summed E-state index contributed by atoms with van der Waals surface area (Å²) in [5, 5.41) is 0. The highest BCUT2D eigenvalue weighted by Crippen LogP contribution is 2.11. The fraction of sp³-hybridized carbons (Fsp3) is 0.727. The smallest absolute Gasteiger partial charge is 0.343 e. The van der Waals surface area contributed by atoms with E-state index in [9.17, 15) is 14.4 Å². The first-order valence-corrected chi connectivity index (χ1v) is 6.14. The molecule has 0 bridgehead atoms. The molecule has 18 heavy (non-hydrogen) atoms. The van der Waals surface area contributed by atoms with Crippen LogP contribution in [-0.4, -0.2) is 54.3 Å². The van der Waals surface area contributed by atoms with Crippen LogP contribution in [0.2, 0.25) is 0 Å². The lowest BCUT2D eigenvalue weighted by molar-refractivity contribution is 0.0687. The minimum absolute atomic E-state index is 0.576. The lowest BCUT2D eigenvalue weighted by Crippen LogP contribution is -2.34. The van der Waals surface area contributed by atoms with Crippen molar-refractivity contribution in [2.24, 2.45) is 0 Å². The maximum absolute atomic E-state index is 11.4. The Morgan fingerprint density at radius 3 is 1.33 bits per heavy atom. The molecule has 2 saturated heterocycles. The molecule has 0 aliphatic carbocycles. The van der Waals surface area contributed by atoms with Gasteiger partial charge in [0.05, 0.1) is 0 Å². The number of hydrogen-bond acceptors (Lipinski definition) is 5. The van der Waals surface area contributed by atoms with E-state index in [0.717, 1.165) is 25.7 Å². The third-order valence-corrected chi connectivity index (χ3v) is 3.07. The first kappa shape index (κ1) is 12.7.